The lowest BCUT2D eigenvalue weighted by Crippen LogP contribution is -2.02. The van der Waals surface area contributed by atoms with Crippen LogP contribution in [0.3, 0.4) is 0 Å². The summed E-state index contributed by atoms with van der Waals surface area (Å²) in [6.07, 6.45) is 3.72. The van der Waals surface area contributed by atoms with Gasteiger partial charge in [-0.2, -0.15) is 0 Å². The summed E-state index contributed by atoms with van der Waals surface area (Å²) in [7, 11) is 0. The van der Waals surface area contributed by atoms with Gasteiger partial charge >= 0.3 is 5.97 Å². The molecule has 0 aromatic heterocycles. The third-order valence-electron chi connectivity index (χ3n) is 2.57. The zero-order valence-corrected chi connectivity index (χ0v) is 7.15. The fourth-order valence-electron chi connectivity index (χ4n) is 1.67. The van der Waals surface area contributed by atoms with Crippen molar-refractivity contribution in [2.45, 2.75) is 13.8 Å². The summed E-state index contributed by atoms with van der Waals surface area (Å²) < 4.78 is 0. The fraction of sp³-hybridized carbons (Fsp3) is 0.556. The Morgan fingerprint density at radius 3 is 2.42 bits per heavy atom. The molecule has 0 saturated heterocycles. The lowest BCUT2D eigenvalue weighted by atomic mass is 10.1. The number of carbonyl (C=O) groups is 2. The van der Waals surface area contributed by atoms with Gasteiger partial charge in [0.15, 0.2) is 0 Å². The van der Waals surface area contributed by atoms with Gasteiger partial charge in [0.05, 0.1) is 5.92 Å². The Morgan fingerprint density at radius 2 is 2.08 bits per heavy atom. The Hall–Kier alpha value is -1.12. The van der Waals surface area contributed by atoms with Crippen LogP contribution in [0.15, 0.2) is 12.2 Å². The molecule has 66 valence electrons. The van der Waals surface area contributed by atoms with Crippen molar-refractivity contribution in [2.24, 2.45) is 17.3 Å². The molecule has 0 amide bonds. The molecule has 0 aromatic carbocycles. The average Bonchev–Trinajstić information content (AvgIpc) is 2.49. The maximum atomic E-state index is 10.6. The molecule has 1 rings (SSSR count). The number of rotatable bonds is 3. The summed E-state index contributed by atoms with van der Waals surface area (Å²) in [5, 5.41) is 8.74. The van der Waals surface area contributed by atoms with Gasteiger partial charge in [0, 0.05) is 0 Å². The second kappa shape index (κ2) is 2.73. The highest BCUT2D eigenvalue weighted by atomic mass is 16.4. The summed E-state index contributed by atoms with van der Waals surface area (Å²) in [6.45, 7) is 3.79. The van der Waals surface area contributed by atoms with Crippen molar-refractivity contribution >= 4 is 12.3 Å². The first kappa shape index (κ1) is 8.97. The van der Waals surface area contributed by atoms with Crippen LogP contribution >= 0.6 is 0 Å². The first-order chi connectivity index (χ1) is 5.51. The molecular weight excluding hydrogens is 156 g/mol. The quantitative estimate of drug-likeness (QED) is 0.507. The van der Waals surface area contributed by atoms with Gasteiger partial charge in [-0.05, 0) is 17.4 Å². The summed E-state index contributed by atoms with van der Waals surface area (Å²) >= 11 is 0. The maximum Gasteiger partial charge on any atom is 0.307 e. The molecule has 1 saturated carbocycles. The van der Waals surface area contributed by atoms with Crippen LogP contribution in [0, 0.1) is 17.3 Å². The molecule has 0 radical (unpaired) electrons. The van der Waals surface area contributed by atoms with Gasteiger partial charge in [-0.25, -0.2) is 0 Å². The molecule has 1 aliphatic rings. The van der Waals surface area contributed by atoms with Crippen molar-refractivity contribution < 1.29 is 14.7 Å². The number of hydrogen-bond acceptors (Lipinski definition) is 2. The molecule has 0 heterocycles. The number of aldehydes is 1. The average molecular weight is 168 g/mol. The van der Waals surface area contributed by atoms with Crippen LogP contribution in [-0.4, -0.2) is 17.4 Å². The molecule has 0 bridgehead atoms. The molecule has 2 unspecified atom stereocenters. The first-order valence-electron chi connectivity index (χ1n) is 3.86. The first-order valence-corrected chi connectivity index (χ1v) is 3.86. The number of allylic oxidation sites excluding steroid dienone is 2. The minimum absolute atomic E-state index is 0.0141. The largest absolute Gasteiger partial charge is 0.481 e. The minimum atomic E-state index is -0.777. The SMILES string of the molecule is CC1(C)C(/C=C/C=O)C1C(=O)O. The smallest absolute Gasteiger partial charge is 0.307 e. The van der Waals surface area contributed by atoms with Crippen LogP contribution in [0.5, 0.6) is 0 Å². The maximum absolute atomic E-state index is 10.6. The summed E-state index contributed by atoms with van der Waals surface area (Å²) in [5.74, 6) is -1.09. The van der Waals surface area contributed by atoms with Crippen molar-refractivity contribution in [1.29, 1.82) is 0 Å². The minimum Gasteiger partial charge on any atom is -0.481 e. The van der Waals surface area contributed by atoms with E-state index < -0.39 is 5.97 Å². The van der Waals surface area contributed by atoms with Gasteiger partial charge in [-0.1, -0.05) is 19.9 Å². The monoisotopic (exact) mass is 168 g/mol. The molecule has 1 aliphatic carbocycles. The summed E-state index contributed by atoms with van der Waals surface area (Å²) in [4.78, 5) is 20.6. The van der Waals surface area contributed by atoms with Crippen molar-refractivity contribution in [3.05, 3.63) is 12.2 Å². The van der Waals surface area contributed by atoms with Gasteiger partial charge in [0.2, 0.25) is 0 Å². The lowest BCUT2D eigenvalue weighted by Gasteiger charge is -1.95. The van der Waals surface area contributed by atoms with Crippen LogP contribution in [-0.2, 0) is 9.59 Å². The van der Waals surface area contributed by atoms with E-state index >= 15 is 0 Å². The summed E-state index contributed by atoms with van der Waals surface area (Å²) in [5.41, 5.74) is -0.189. The van der Waals surface area contributed by atoms with E-state index in [1.165, 1.54) is 6.08 Å². The van der Waals surface area contributed by atoms with E-state index in [0.29, 0.717) is 6.29 Å². The molecule has 0 aliphatic heterocycles. The third kappa shape index (κ3) is 1.26. The molecule has 2 atom stereocenters. The molecule has 12 heavy (non-hydrogen) atoms. The molecular formula is C9H12O3. The zero-order chi connectivity index (χ0) is 9.35. The molecule has 1 N–H and O–H groups in total. The number of hydrogen-bond donors (Lipinski definition) is 1. The van der Waals surface area contributed by atoms with Crippen molar-refractivity contribution in [2.75, 3.05) is 0 Å². The fourth-order valence-corrected chi connectivity index (χ4v) is 1.67. The highest BCUT2D eigenvalue weighted by Crippen LogP contribution is 2.58. The predicted octanol–water partition coefficient (Wildman–Crippen LogP) is 1.10. The van der Waals surface area contributed by atoms with E-state index in [1.807, 2.05) is 13.8 Å². The predicted molar refractivity (Wildman–Crippen MR) is 43.6 cm³/mol. The molecule has 0 spiro atoms. The second-order valence-electron chi connectivity index (χ2n) is 3.68. The van der Waals surface area contributed by atoms with Crippen LogP contribution < -0.4 is 0 Å². The number of aliphatic carboxylic acids is 1. The Balaban J connectivity index is 2.66. The highest BCUT2D eigenvalue weighted by molar-refractivity contribution is 5.76. The van der Waals surface area contributed by atoms with Gasteiger partial charge in [0.25, 0.3) is 0 Å². The Morgan fingerprint density at radius 1 is 1.50 bits per heavy atom. The normalized spacial score (nSPS) is 31.8. The zero-order valence-electron chi connectivity index (χ0n) is 7.15. The van der Waals surface area contributed by atoms with Crippen LogP contribution in [0.4, 0.5) is 0 Å². The van der Waals surface area contributed by atoms with E-state index in [-0.39, 0.29) is 17.3 Å². The van der Waals surface area contributed by atoms with Crippen molar-refractivity contribution in [1.82, 2.24) is 0 Å². The van der Waals surface area contributed by atoms with E-state index in [9.17, 15) is 9.59 Å². The number of carboxylic acids is 1. The van der Waals surface area contributed by atoms with E-state index in [2.05, 4.69) is 0 Å². The molecule has 0 aromatic rings. The molecule has 1 fully saturated rings. The van der Waals surface area contributed by atoms with Gasteiger partial charge in [-0.15, -0.1) is 0 Å². The topological polar surface area (TPSA) is 54.4 Å². The van der Waals surface area contributed by atoms with Crippen molar-refractivity contribution in [3.8, 4) is 0 Å². The van der Waals surface area contributed by atoms with Gasteiger partial charge in [-0.3, -0.25) is 9.59 Å². The van der Waals surface area contributed by atoms with E-state index in [1.54, 1.807) is 6.08 Å². The van der Waals surface area contributed by atoms with E-state index in [4.69, 9.17) is 5.11 Å². The number of carbonyl (C=O) groups excluding carboxylic acids is 1. The van der Waals surface area contributed by atoms with Crippen molar-refractivity contribution in [3.63, 3.8) is 0 Å². The third-order valence-corrected chi connectivity index (χ3v) is 2.57. The second-order valence-corrected chi connectivity index (χ2v) is 3.68. The van der Waals surface area contributed by atoms with Crippen LogP contribution in [0.2, 0.25) is 0 Å². The highest BCUT2D eigenvalue weighted by Gasteiger charge is 2.60. The van der Waals surface area contributed by atoms with Gasteiger partial charge in [0.1, 0.15) is 6.29 Å². The Bertz CT molecular complexity index is 240. The van der Waals surface area contributed by atoms with Crippen LogP contribution in [0.1, 0.15) is 13.8 Å². The lowest BCUT2D eigenvalue weighted by molar-refractivity contribution is -0.139. The number of carboxylic acid groups (broad SMARTS) is 1. The Labute approximate surface area is 71.1 Å². The molecule has 3 heteroatoms. The summed E-state index contributed by atoms with van der Waals surface area (Å²) in [6, 6.07) is 0. The molecule has 3 nitrogen and oxygen atoms in total. The Kier molecular flexibility index (Phi) is 2.04. The standard InChI is InChI=1S/C9H12O3/c1-9(2)6(4-3-5-10)7(9)8(11)12/h3-7H,1-2H3,(H,11,12)/b4-3+. The van der Waals surface area contributed by atoms with E-state index in [0.717, 1.165) is 0 Å². The van der Waals surface area contributed by atoms with Crippen LogP contribution in [0.25, 0.3) is 0 Å². The van der Waals surface area contributed by atoms with Gasteiger partial charge < -0.3 is 5.11 Å².